The summed E-state index contributed by atoms with van der Waals surface area (Å²) in [6.45, 7) is 4.07. The maximum absolute atomic E-state index is 13.3. The fourth-order valence-electron chi connectivity index (χ4n) is 4.98. The van der Waals surface area contributed by atoms with Gasteiger partial charge >= 0.3 is 0 Å². The molecule has 2 N–H and O–H groups in total. The molecule has 206 valence electrons. The Morgan fingerprint density at radius 1 is 1.02 bits per heavy atom. The predicted molar refractivity (Wildman–Crippen MR) is 156 cm³/mol. The highest BCUT2D eigenvalue weighted by molar-refractivity contribution is 6.15. The standard InChI is InChI=1S/C31H28N6O4/c1-36-11-13-37(14-12-36)24-8-6-22(7-9-24)33-17-26-25-10-5-21(16-27(25)35-30(26)39)29(38)20-3-2-4-23(15-20)34-31(40)28-18-32-19-41-28/h2-10,15-19,26H,11-14H2,1H3,(H,34,40)(H,35,39). The second-order valence-electron chi connectivity index (χ2n) is 10.1. The van der Waals surface area contributed by atoms with Crippen molar-refractivity contribution in [3.63, 3.8) is 0 Å². The number of nitrogens with zero attached hydrogens (tertiary/aromatic N) is 4. The number of carbonyl (C=O) groups excluding carboxylic acids is 3. The van der Waals surface area contributed by atoms with Gasteiger partial charge in [0.05, 0.1) is 11.9 Å². The lowest BCUT2D eigenvalue weighted by Gasteiger charge is -2.34. The van der Waals surface area contributed by atoms with Crippen molar-refractivity contribution in [1.82, 2.24) is 9.88 Å². The lowest BCUT2D eigenvalue weighted by Crippen LogP contribution is -2.44. The second kappa shape index (κ2) is 11.2. The Bertz CT molecular complexity index is 1620. The van der Waals surface area contributed by atoms with Gasteiger partial charge in [-0.25, -0.2) is 4.98 Å². The maximum Gasteiger partial charge on any atom is 0.293 e. The van der Waals surface area contributed by atoms with Gasteiger partial charge in [0.2, 0.25) is 11.7 Å². The molecule has 2 amide bonds. The number of ketones is 1. The van der Waals surface area contributed by atoms with E-state index in [1.165, 1.54) is 18.3 Å². The minimum atomic E-state index is -0.555. The quantitative estimate of drug-likeness (QED) is 0.260. The topological polar surface area (TPSA) is 120 Å². The van der Waals surface area contributed by atoms with Gasteiger partial charge in [-0.2, -0.15) is 0 Å². The first-order valence-electron chi connectivity index (χ1n) is 13.3. The Kier molecular flexibility index (Phi) is 7.13. The van der Waals surface area contributed by atoms with Crippen LogP contribution in [0.1, 0.15) is 38.0 Å². The Morgan fingerprint density at radius 2 is 1.80 bits per heavy atom. The average molecular weight is 549 g/mol. The number of aromatic nitrogens is 1. The van der Waals surface area contributed by atoms with Crippen LogP contribution in [0, 0.1) is 0 Å². The fourth-order valence-corrected chi connectivity index (χ4v) is 4.98. The number of benzene rings is 3. The van der Waals surface area contributed by atoms with Crippen LogP contribution in [0.4, 0.5) is 22.7 Å². The first kappa shape index (κ1) is 26.1. The zero-order valence-corrected chi connectivity index (χ0v) is 22.4. The summed E-state index contributed by atoms with van der Waals surface area (Å²) in [7, 11) is 2.13. The number of carbonyl (C=O) groups is 3. The number of nitrogens with one attached hydrogen (secondary N) is 2. The third-order valence-electron chi connectivity index (χ3n) is 7.32. The summed E-state index contributed by atoms with van der Waals surface area (Å²) in [5.74, 6) is -1.39. The summed E-state index contributed by atoms with van der Waals surface area (Å²) in [6.07, 6.45) is 4.13. The van der Waals surface area contributed by atoms with Crippen molar-refractivity contribution in [2.24, 2.45) is 4.99 Å². The van der Waals surface area contributed by atoms with E-state index in [9.17, 15) is 14.4 Å². The molecule has 3 heterocycles. The van der Waals surface area contributed by atoms with Crippen LogP contribution >= 0.6 is 0 Å². The van der Waals surface area contributed by atoms with Crippen LogP contribution in [0.15, 0.2) is 88.7 Å². The van der Waals surface area contributed by atoms with Gasteiger partial charge in [0.1, 0.15) is 5.92 Å². The first-order valence-corrected chi connectivity index (χ1v) is 13.3. The SMILES string of the molecule is CN1CCN(c2ccc(N=CC3C(=O)Nc4cc(C(=O)c5cccc(NC(=O)c6cnco6)c5)ccc43)cc2)CC1. The van der Waals surface area contributed by atoms with Crippen LogP contribution in [0.5, 0.6) is 0 Å². The number of aliphatic imine (C=N–C) groups is 1. The molecule has 1 fully saturated rings. The van der Waals surface area contributed by atoms with Crippen LogP contribution in [0.25, 0.3) is 0 Å². The van der Waals surface area contributed by atoms with Crippen molar-refractivity contribution in [3.8, 4) is 0 Å². The Hall–Kier alpha value is -5.09. The van der Waals surface area contributed by atoms with E-state index in [1.54, 1.807) is 48.7 Å². The van der Waals surface area contributed by atoms with E-state index >= 15 is 0 Å². The highest BCUT2D eigenvalue weighted by Crippen LogP contribution is 2.33. The van der Waals surface area contributed by atoms with E-state index in [2.05, 4.69) is 49.6 Å². The molecule has 4 aromatic rings. The highest BCUT2D eigenvalue weighted by Gasteiger charge is 2.30. The van der Waals surface area contributed by atoms with Crippen LogP contribution in [0.3, 0.4) is 0 Å². The summed E-state index contributed by atoms with van der Waals surface area (Å²) in [4.78, 5) is 51.3. The summed E-state index contributed by atoms with van der Waals surface area (Å²) < 4.78 is 5.01. The van der Waals surface area contributed by atoms with Gasteiger partial charge in [0.25, 0.3) is 5.91 Å². The Labute approximate surface area is 236 Å². The molecule has 6 rings (SSSR count). The van der Waals surface area contributed by atoms with Crippen molar-refractivity contribution in [3.05, 3.63) is 102 Å². The van der Waals surface area contributed by atoms with Crippen LogP contribution in [0.2, 0.25) is 0 Å². The molecule has 0 spiro atoms. The summed E-state index contributed by atoms with van der Waals surface area (Å²) >= 11 is 0. The second-order valence-corrected chi connectivity index (χ2v) is 10.1. The lowest BCUT2D eigenvalue weighted by atomic mass is 9.97. The zero-order valence-electron chi connectivity index (χ0n) is 22.4. The van der Waals surface area contributed by atoms with Gasteiger partial charge in [-0.3, -0.25) is 19.4 Å². The van der Waals surface area contributed by atoms with E-state index in [0.29, 0.717) is 22.5 Å². The molecular formula is C31H28N6O4. The number of piperazine rings is 1. The number of hydrogen-bond donors (Lipinski definition) is 2. The highest BCUT2D eigenvalue weighted by atomic mass is 16.3. The third kappa shape index (κ3) is 5.64. The van der Waals surface area contributed by atoms with E-state index in [-0.39, 0.29) is 17.5 Å². The minimum absolute atomic E-state index is 0.0665. The minimum Gasteiger partial charge on any atom is -0.438 e. The summed E-state index contributed by atoms with van der Waals surface area (Å²) in [6, 6.07) is 19.8. The van der Waals surface area contributed by atoms with Gasteiger partial charge in [0.15, 0.2) is 12.2 Å². The number of anilines is 3. The molecule has 1 atom stereocenters. The zero-order chi connectivity index (χ0) is 28.3. The predicted octanol–water partition coefficient (Wildman–Crippen LogP) is 4.35. The molecule has 10 heteroatoms. The van der Waals surface area contributed by atoms with Gasteiger partial charge in [-0.05, 0) is 55.1 Å². The summed E-state index contributed by atoms with van der Waals surface area (Å²) in [5, 5.41) is 5.57. The van der Waals surface area contributed by atoms with Crippen LogP contribution < -0.4 is 15.5 Å². The van der Waals surface area contributed by atoms with Gasteiger partial charge < -0.3 is 24.9 Å². The van der Waals surface area contributed by atoms with Gasteiger partial charge in [0, 0.05) is 60.6 Å². The molecule has 10 nitrogen and oxygen atoms in total. The van der Waals surface area contributed by atoms with Crippen LogP contribution in [-0.4, -0.2) is 66.9 Å². The number of amides is 2. The normalized spacial score (nSPS) is 17.0. The molecule has 1 aromatic heterocycles. The van der Waals surface area contributed by atoms with Crippen molar-refractivity contribution in [1.29, 1.82) is 0 Å². The number of rotatable bonds is 7. The van der Waals surface area contributed by atoms with Crippen LogP contribution in [-0.2, 0) is 4.79 Å². The van der Waals surface area contributed by atoms with E-state index in [4.69, 9.17) is 4.42 Å². The number of oxazole rings is 1. The van der Waals surface area contributed by atoms with Crippen molar-refractivity contribution < 1.29 is 18.8 Å². The van der Waals surface area contributed by atoms with Gasteiger partial charge in [-0.15, -0.1) is 0 Å². The lowest BCUT2D eigenvalue weighted by molar-refractivity contribution is -0.115. The molecule has 41 heavy (non-hydrogen) atoms. The molecule has 3 aromatic carbocycles. The molecule has 0 saturated carbocycles. The number of fused-ring (bicyclic) bond motifs is 1. The average Bonchev–Trinajstić information content (AvgIpc) is 3.64. The molecule has 1 unspecified atom stereocenters. The van der Waals surface area contributed by atoms with E-state index < -0.39 is 11.8 Å². The monoisotopic (exact) mass is 548 g/mol. The molecule has 2 aliphatic heterocycles. The molecule has 0 bridgehead atoms. The first-order chi connectivity index (χ1) is 19.9. The fraction of sp³-hybridized carbons (Fsp3) is 0.194. The largest absolute Gasteiger partial charge is 0.438 e. The Balaban J connectivity index is 1.14. The number of likely N-dealkylation sites (N-methyl/N-ethyl adjacent to an activating group) is 1. The van der Waals surface area contributed by atoms with Gasteiger partial charge in [-0.1, -0.05) is 24.3 Å². The third-order valence-corrected chi connectivity index (χ3v) is 7.32. The van der Waals surface area contributed by atoms with Crippen molar-refractivity contribution >= 4 is 46.6 Å². The molecule has 1 saturated heterocycles. The molecule has 0 aliphatic carbocycles. The Morgan fingerprint density at radius 3 is 2.56 bits per heavy atom. The molecule has 2 aliphatic rings. The van der Waals surface area contributed by atoms with Crippen molar-refractivity contribution in [2.75, 3.05) is 48.8 Å². The molecule has 0 radical (unpaired) electrons. The van der Waals surface area contributed by atoms with E-state index in [1.807, 2.05) is 12.1 Å². The number of hydrogen-bond acceptors (Lipinski definition) is 8. The smallest absolute Gasteiger partial charge is 0.293 e. The van der Waals surface area contributed by atoms with Crippen molar-refractivity contribution in [2.45, 2.75) is 5.92 Å². The van der Waals surface area contributed by atoms with E-state index in [0.717, 1.165) is 37.4 Å². The molecular weight excluding hydrogens is 520 g/mol. The summed E-state index contributed by atoms with van der Waals surface area (Å²) in [5.41, 5.74) is 4.53. The maximum atomic E-state index is 13.3.